The van der Waals surface area contributed by atoms with Gasteiger partial charge in [0.15, 0.2) is 11.5 Å². The fraction of sp³-hybridized carbons (Fsp3) is 0.327. The molecule has 0 bridgehead atoms. The second-order valence-corrected chi connectivity index (χ2v) is 33.8. The minimum Gasteiger partial charge on any atom is -0.493 e. The Morgan fingerprint density at radius 1 is 0.515 bits per heavy atom. The van der Waals surface area contributed by atoms with Gasteiger partial charge in [-0.1, -0.05) is 133 Å². The molecule has 134 heavy (non-hydrogen) atoms. The number of halogens is 6. The Balaban J connectivity index is 0.000000162. The van der Waals surface area contributed by atoms with Gasteiger partial charge in [0.25, 0.3) is 23.6 Å². The summed E-state index contributed by atoms with van der Waals surface area (Å²) in [6.07, 6.45) is 15.3. The highest BCUT2D eigenvalue weighted by atomic mass is 19.1. The first-order valence-corrected chi connectivity index (χ1v) is 45.9. The number of nitrogens with zero attached hydrogens (tertiary/aromatic N) is 6. The SMILES string of the molecule is CCC(=CF)COc1ccc(-c2ncnn3cccc23)cc1.CCC(=CF)COc1ccc(C(=O)N2CCC(C(c3ccccc3)c3ccccc3)CC2)cc1.CCC(=CF)COc1ccc(C(=O)N2CCCc3ccccc3C2)cc1.CCC(=CF)COc1ccc(C(=O)Nc2ccc(F)cc2)cc1OC.CCC(=CF)COc1ccc2c(c1)C(C)(C)CN(CC1CCOCC1)C2=O. The largest absolute Gasteiger partial charge is 0.493 e. The lowest BCUT2D eigenvalue weighted by Gasteiger charge is -2.41. The number of methoxy groups -OCH3 is 1. The number of rotatable bonds is 31. The van der Waals surface area contributed by atoms with Crippen molar-refractivity contribution in [2.45, 2.75) is 137 Å². The zero-order valence-corrected chi connectivity index (χ0v) is 77.6. The number of aromatic nitrogens is 3. The summed E-state index contributed by atoms with van der Waals surface area (Å²) in [6, 6.07) is 71.2. The summed E-state index contributed by atoms with van der Waals surface area (Å²) in [5.74, 6) is 4.21. The molecule has 2 saturated heterocycles. The van der Waals surface area contributed by atoms with Crippen LogP contribution in [0.15, 0.2) is 303 Å². The van der Waals surface area contributed by atoms with Crippen molar-refractivity contribution in [1.29, 1.82) is 0 Å². The zero-order chi connectivity index (χ0) is 95.1. The smallest absolute Gasteiger partial charge is 0.255 e. The minimum atomic E-state index is -0.380. The number of hydrogen-bond acceptors (Lipinski definition) is 13. The van der Waals surface area contributed by atoms with Crippen LogP contribution in [0.25, 0.3) is 16.8 Å². The van der Waals surface area contributed by atoms with Crippen LogP contribution in [0.3, 0.4) is 0 Å². The van der Waals surface area contributed by atoms with Gasteiger partial charge in [-0.25, -0.2) is 35.8 Å². The molecule has 2 aromatic heterocycles. The van der Waals surface area contributed by atoms with Crippen LogP contribution in [0.2, 0.25) is 0 Å². The number of aryl methyl sites for hydroxylation is 1. The number of anilines is 1. The Morgan fingerprint density at radius 2 is 1.00 bits per heavy atom. The molecule has 24 heteroatoms. The van der Waals surface area contributed by atoms with Gasteiger partial charge >= 0.3 is 0 Å². The van der Waals surface area contributed by atoms with Gasteiger partial charge in [-0.2, -0.15) is 5.10 Å². The summed E-state index contributed by atoms with van der Waals surface area (Å²) in [7, 11) is 1.45. The fourth-order valence-corrected chi connectivity index (χ4v) is 16.1. The molecule has 11 aromatic rings. The summed E-state index contributed by atoms with van der Waals surface area (Å²) in [4.78, 5) is 61.5. The average molecular weight is 1830 g/mol. The number of amides is 4. The number of likely N-dealkylation sites (tertiary alicyclic amines) is 1. The third-order valence-corrected chi connectivity index (χ3v) is 24.2. The lowest BCUT2D eigenvalue weighted by molar-refractivity contribution is 0.0406. The molecular formula is C110H121F6N7O11. The highest BCUT2D eigenvalue weighted by molar-refractivity contribution is 6.04. The van der Waals surface area contributed by atoms with E-state index < -0.39 is 0 Å². The number of carbonyl (C=O) groups is 4. The van der Waals surface area contributed by atoms with Gasteiger partial charge < -0.3 is 53.2 Å². The molecular weight excluding hydrogens is 1710 g/mol. The Kier molecular flexibility index (Phi) is 39.3. The number of nitrogens with one attached hydrogen (secondary N) is 1. The Morgan fingerprint density at radius 3 is 1.52 bits per heavy atom. The number of fused-ring (bicyclic) bond motifs is 3. The van der Waals surface area contributed by atoms with Crippen LogP contribution in [0, 0.1) is 17.7 Å². The highest BCUT2D eigenvalue weighted by Crippen LogP contribution is 2.41. The van der Waals surface area contributed by atoms with E-state index in [0.29, 0.717) is 179 Å². The van der Waals surface area contributed by atoms with Crippen molar-refractivity contribution in [2.75, 3.05) is 91.4 Å². The van der Waals surface area contributed by atoms with E-state index >= 15 is 0 Å². The van der Waals surface area contributed by atoms with Crippen LogP contribution in [-0.2, 0) is 23.1 Å². The van der Waals surface area contributed by atoms with E-state index in [1.165, 1.54) is 66.0 Å². The third-order valence-electron chi connectivity index (χ3n) is 24.2. The number of piperidine rings is 1. The van der Waals surface area contributed by atoms with Crippen molar-refractivity contribution in [3.8, 4) is 45.8 Å². The maximum atomic E-state index is 13.1. The monoisotopic (exact) mass is 1830 g/mol. The van der Waals surface area contributed by atoms with Gasteiger partial charge in [0, 0.05) is 104 Å². The van der Waals surface area contributed by atoms with Crippen molar-refractivity contribution in [3.05, 3.63) is 358 Å². The van der Waals surface area contributed by atoms with E-state index in [-0.39, 0.29) is 67.9 Å². The highest BCUT2D eigenvalue weighted by Gasteiger charge is 2.38. The van der Waals surface area contributed by atoms with Gasteiger partial charge in [0.2, 0.25) is 0 Å². The number of carbonyl (C=O) groups excluding carboxylic acids is 4. The van der Waals surface area contributed by atoms with Crippen LogP contribution in [-0.4, -0.2) is 139 Å². The van der Waals surface area contributed by atoms with E-state index in [1.807, 2.05) is 116 Å². The summed E-state index contributed by atoms with van der Waals surface area (Å²) in [5.41, 5.74) is 14.7. The van der Waals surface area contributed by atoms with Gasteiger partial charge in [-0.15, -0.1) is 0 Å². The number of hydrogen-bond donors (Lipinski definition) is 1. The fourth-order valence-electron chi connectivity index (χ4n) is 16.1. The standard InChI is InChI=1S/C30H32FNO2.C22H30FNO3.C22H24FNO2.C19H19F2NO3.C17H16FN3O/c1-2-23(21-31)22-34-28-15-13-27(14-16-28)30(33)32-19-17-26(18-20-32)29(24-9-5-3-6-10-24)25-11-7-4-8-12-25;1-4-16(12-23)14-27-18-5-6-19-20(11-18)22(2,3)15-24(21(19)25)13-17-7-9-26-10-8-17;1-2-17(14-23)16-26-21-11-9-19(10-12-21)22(25)24-13-5-8-18-6-3-4-7-20(18)15-24;1-3-13(11-20)12-25-17-9-4-14(10-18(17)24-2)19(23)22-16-7-5-15(21)6-8-16;1-2-13(10-18)11-22-15-7-5-14(6-8-15)17-16-4-3-9-21(16)20-12-19-17/h3-16,21,26,29H,2,17-20,22H2,1H3;5-6,11-12,17H,4,7-10,13-15H2,1-3H3;3-4,6-7,9-12,14H,2,5,8,13,15-16H2,1H3;4-11H,3,12H2,1-2H3,(H,22,23);3-10,12H,2,11H2,1H3. The molecule has 0 atom stereocenters. The molecule has 0 unspecified atom stereocenters. The molecule has 0 spiro atoms. The van der Waals surface area contributed by atoms with E-state index in [9.17, 15) is 45.5 Å². The second-order valence-electron chi connectivity index (χ2n) is 33.8. The topological polar surface area (TPSA) is 185 Å². The van der Waals surface area contributed by atoms with Crippen molar-refractivity contribution < 1.29 is 78.7 Å². The normalized spacial score (nSPS) is 14.8. The van der Waals surface area contributed by atoms with E-state index in [4.69, 9.17) is 33.2 Å². The maximum Gasteiger partial charge on any atom is 0.255 e. The second kappa shape index (κ2) is 52.1. The van der Waals surface area contributed by atoms with E-state index in [0.717, 1.165) is 106 Å². The molecule has 4 amide bonds. The molecule has 1 N–H and O–H groups in total. The molecule has 0 saturated carbocycles. The maximum absolute atomic E-state index is 13.1. The predicted molar refractivity (Wildman–Crippen MR) is 515 cm³/mol. The van der Waals surface area contributed by atoms with Crippen LogP contribution in [0.5, 0.6) is 34.5 Å². The van der Waals surface area contributed by atoms with E-state index in [2.05, 4.69) is 108 Å². The lowest BCUT2D eigenvalue weighted by atomic mass is 9.76. The Labute approximate surface area is 783 Å². The van der Waals surface area contributed by atoms with Crippen LogP contribution in [0.1, 0.15) is 188 Å². The lowest BCUT2D eigenvalue weighted by Crippen LogP contribution is -2.48. The first kappa shape index (κ1) is 101. The molecule has 2 fully saturated rings. The van der Waals surface area contributed by atoms with Gasteiger partial charge in [0.05, 0.1) is 50.0 Å². The van der Waals surface area contributed by atoms with Crippen molar-refractivity contribution >= 4 is 34.8 Å². The predicted octanol–water partition coefficient (Wildman–Crippen LogP) is 25.2. The van der Waals surface area contributed by atoms with Crippen LogP contribution >= 0.6 is 0 Å². The molecule has 6 heterocycles. The molecule has 15 rings (SSSR count). The first-order valence-electron chi connectivity index (χ1n) is 45.9. The Hall–Kier alpha value is -13.5. The van der Waals surface area contributed by atoms with Gasteiger partial charge in [-0.3, -0.25) is 19.2 Å². The van der Waals surface area contributed by atoms with Gasteiger partial charge in [-0.05, 0) is 284 Å². The molecule has 9 aromatic carbocycles. The molecule has 0 aliphatic carbocycles. The molecule has 704 valence electrons. The molecule has 4 aliphatic rings. The quantitative estimate of drug-likeness (QED) is 0.0405. The summed E-state index contributed by atoms with van der Waals surface area (Å²) < 4.78 is 117. The van der Waals surface area contributed by atoms with Crippen LogP contribution < -0.4 is 33.7 Å². The minimum absolute atomic E-state index is 0.0335. The van der Waals surface area contributed by atoms with Crippen molar-refractivity contribution in [3.63, 3.8) is 0 Å². The van der Waals surface area contributed by atoms with E-state index in [1.54, 1.807) is 65.2 Å². The van der Waals surface area contributed by atoms with Gasteiger partial charge in [0.1, 0.15) is 68.2 Å². The van der Waals surface area contributed by atoms with Crippen LogP contribution in [0.4, 0.5) is 32.0 Å². The summed E-state index contributed by atoms with van der Waals surface area (Å²) >= 11 is 0. The third kappa shape index (κ3) is 29.0. The number of ether oxygens (including phenoxy) is 7. The first-order chi connectivity index (χ1) is 65.2. The van der Waals surface area contributed by atoms with Crippen molar-refractivity contribution in [1.82, 2.24) is 29.3 Å². The summed E-state index contributed by atoms with van der Waals surface area (Å²) in [5, 5.41) is 6.82. The molecule has 0 radical (unpaired) electrons. The summed E-state index contributed by atoms with van der Waals surface area (Å²) in [6.45, 7) is 20.8. The zero-order valence-electron chi connectivity index (χ0n) is 77.6. The Bertz CT molecular complexity index is 5700. The molecule has 4 aliphatic heterocycles. The van der Waals surface area contributed by atoms with Crippen molar-refractivity contribution in [2.24, 2.45) is 11.8 Å². The average Bonchev–Trinajstić information content (AvgIpc) is 0.950. The number of benzene rings is 9. The molecule has 18 nitrogen and oxygen atoms in total.